The molecule has 0 radical (unpaired) electrons. The number of nitrogens with one attached hydrogen (secondary N) is 2. The highest BCUT2D eigenvalue weighted by molar-refractivity contribution is 7.92. The van der Waals surface area contributed by atoms with Crippen LogP contribution in [0.1, 0.15) is 55.8 Å². The third kappa shape index (κ3) is 6.87. The summed E-state index contributed by atoms with van der Waals surface area (Å²) in [6.45, 7) is 4.53. The third-order valence-corrected chi connectivity index (χ3v) is 10.8. The molecule has 2 heterocycles. The first-order chi connectivity index (χ1) is 22.4. The molecule has 1 fully saturated rings. The monoisotopic (exact) mass is 659 g/mol. The normalized spacial score (nSPS) is 17.4. The lowest BCUT2D eigenvalue weighted by Gasteiger charge is -2.28. The Morgan fingerprint density at radius 2 is 1.83 bits per heavy atom. The topological polar surface area (TPSA) is 144 Å². The quantitative estimate of drug-likeness (QED) is 0.232. The van der Waals surface area contributed by atoms with Gasteiger partial charge in [0.1, 0.15) is 23.4 Å². The molecule has 4 bridgehead atoms. The lowest BCUT2D eigenvalue weighted by atomic mass is 9.98. The van der Waals surface area contributed by atoms with Gasteiger partial charge >= 0.3 is 0 Å². The van der Waals surface area contributed by atoms with E-state index in [2.05, 4.69) is 15.6 Å². The van der Waals surface area contributed by atoms with Gasteiger partial charge in [-0.15, -0.1) is 0 Å². The predicted octanol–water partition coefficient (Wildman–Crippen LogP) is 5.62. The number of amides is 2. The Morgan fingerprint density at radius 3 is 2.57 bits per heavy atom. The van der Waals surface area contributed by atoms with Crippen LogP contribution in [-0.2, 0) is 32.4 Å². The molecule has 2 aliphatic rings. The Morgan fingerprint density at radius 1 is 1.04 bits per heavy atom. The number of nitrogens with two attached hydrogens (primary N) is 1. The zero-order chi connectivity index (χ0) is 33.5. The molecule has 1 saturated carbocycles. The van der Waals surface area contributed by atoms with Gasteiger partial charge in [0, 0.05) is 42.2 Å². The summed E-state index contributed by atoms with van der Waals surface area (Å²) in [5, 5.41) is 6.43. The fraction of sp³-hybridized carbons (Fsp3) is 0.343. The number of fused-ring (bicyclic) bond motifs is 5. The van der Waals surface area contributed by atoms with Crippen molar-refractivity contribution in [2.45, 2.75) is 62.3 Å². The molecule has 4 aromatic rings. The first-order valence-corrected chi connectivity index (χ1v) is 17.2. The minimum absolute atomic E-state index is 0.0288. The lowest BCUT2D eigenvalue weighted by Crippen LogP contribution is -2.35. The second kappa shape index (κ2) is 12.8. The zero-order valence-electron chi connectivity index (χ0n) is 26.5. The van der Waals surface area contributed by atoms with Gasteiger partial charge in [-0.2, -0.15) is 0 Å². The van der Waals surface area contributed by atoms with Crippen LogP contribution in [0.15, 0.2) is 65.7 Å². The van der Waals surface area contributed by atoms with Crippen molar-refractivity contribution >= 4 is 49.6 Å². The standard InChI is InChI=1S/C35H38FN5O5S/c1-20(2)19-46-30-11-4-22-14-21(30)5-13-32(42)39-24-7-12-31(47(44,45)26-8-9-26)23(15-24)18-41(3)35(43)33(22)40-25-6-10-27-28(16-25)29(36)17-38-34(27)37/h4,6-7,10-12,14-17,20,26,33,40H,5,8-9,13,18-19H2,1-3H3,(H2,37,38)(H,39,42)/t33-/m1/s1. The third-order valence-electron chi connectivity index (χ3n) is 8.44. The van der Waals surface area contributed by atoms with Crippen molar-refractivity contribution in [3.05, 3.63) is 83.3 Å². The van der Waals surface area contributed by atoms with Gasteiger partial charge in [0.05, 0.1) is 22.9 Å². The number of anilines is 3. The van der Waals surface area contributed by atoms with Crippen molar-refractivity contribution in [1.82, 2.24) is 9.88 Å². The SMILES string of the molecule is CC(C)COc1ccc2cc1CCC(=O)Nc1ccc(S(=O)(=O)C3CC3)c(c1)CN(C)C(=O)[C@@H]2Nc1ccc2c(N)ncc(F)c2c1. The van der Waals surface area contributed by atoms with Gasteiger partial charge in [-0.05, 0) is 90.4 Å². The number of carbonyl (C=O) groups is 2. The lowest BCUT2D eigenvalue weighted by molar-refractivity contribution is -0.131. The molecule has 47 heavy (non-hydrogen) atoms. The number of likely N-dealkylation sites (N-methyl/N-ethyl adjacent to an activating group) is 1. The van der Waals surface area contributed by atoms with Gasteiger partial charge < -0.3 is 26.0 Å². The molecule has 246 valence electrons. The van der Waals surface area contributed by atoms with Crippen LogP contribution in [0.3, 0.4) is 0 Å². The Kier molecular flexibility index (Phi) is 8.80. The first kappa shape index (κ1) is 32.2. The van der Waals surface area contributed by atoms with E-state index < -0.39 is 26.9 Å². The molecule has 12 heteroatoms. The molecule has 0 saturated heterocycles. The van der Waals surface area contributed by atoms with Crippen LogP contribution >= 0.6 is 0 Å². The van der Waals surface area contributed by atoms with Gasteiger partial charge in [0.15, 0.2) is 9.84 Å². The molecule has 1 aliphatic carbocycles. The van der Waals surface area contributed by atoms with Gasteiger partial charge in [-0.3, -0.25) is 9.59 Å². The maximum absolute atomic E-state index is 14.8. The van der Waals surface area contributed by atoms with Gasteiger partial charge in [0.2, 0.25) is 11.8 Å². The predicted molar refractivity (Wildman–Crippen MR) is 179 cm³/mol. The van der Waals surface area contributed by atoms with E-state index in [1.807, 2.05) is 19.9 Å². The molecule has 1 aromatic heterocycles. The van der Waals surface area contributed by atoms with E-state index in [-0.39, 0.29) is 46.8 Å². The number of benzene rings is 3. The number of pyridine rings is 1. The molecule has 0 spiro atoms. The summed E-state index contributed by atoms with van der Waals surface area (Å²) < 4.78 is 47.7. The first-order valence-electron chi connectivity index (χ1n) is 15.7. The summed E-state index contributed by atoms with van der Waals surface area (Å²) in [4.78, 5) is 33.0. The van der Waals surface area contributed by atoms with Crippen molar-refractivity contribution < 1.29 is 27.1 Å². The fourth-order valence-corrected chi connectivity index (χ4v) is 7.65. The molecule has 4 N–H and O–H groups in total. The van der Waals surface area contributed by atoms with Gasteiger partial charge in [-0.25, -0.2) is 17.8 Å². The number of halogens is 1. The highest BCUT2D eigenvalue weighted by atomic mass is 32.2. The maximum atomic E-state index is 14.8. The Balaban J connectivity index is 1.44. The van der Waals surface area contributed by atoms with Crippen LogP contribution in [0.25, 0.3) is 10.8 Å². The number of ether oxygens (including phenoxy) is 1. The largest absolute Gasteiger partial charge is 0.493 e. The summed E-state index contributed by atoms with van der Waals surface area (Å²) in [7, 11) is -2.00. The molecule has 0 unspecified atom stereocenters. The second-order valence-corrected chi connectivity index (χ2v) is 14.9. The highest BCUT2D eigenvalue weighted by Gasteiger charge is 2.38. The van der Waals surface area contributed by atoms with E-state index in [1.54, 1.807) is 49.5 Å². The number of aromatic nitrogens is 1. The number of sulfone groups is 1. The maximum Gasteiger partial charge on any atom is 0.249 e. The molecule has 1 aliphatic heterocycles. The number of nitrogen functional groups attached to an aromatic ring is 1. The second-order valence-electron chi connectivity index (χ2n) is 12.7. The van der Waals surface area contributed by atoms with E-state index in [9.17, 15) is 22.4 Å². The molecular weight excluding hydrogens is 621 g/mol. The van der Waals surface area contributed by atoms with Crippen molar-refractivity contribution in [1.29, 1.82) is 0 Å². The van der Waals surface area contributed by atoms with Crippen LogP contribution in [0.4, 0.5) is 21.6 Å². The summed E-state index contributed by atoms with van der Waals surface area (Å²) in [5.74, 6) is -0.0586. The van der Waals surface area contributed by atoms with Gasteiger partial charge in [0.25, 0.3) is 0 Å². The average Bonchev–Trinajstić information content (AvgIpc) is 3.90. The van der Waals surface area contributed by atoms with E-state index in [4.69, 9.17) is 10.5 Å². The van der Waals surface area contributed by atoms with E-state index in [0.29, 0.717) is 59.5 Å². The number of rotatable bonds is 7. The molecule has 3 aromatic carbocycles. The minimum atomic E-state index is -3.61. The van der Waals surface area contributed by atoms with Crippen LogP contribution in [0.2, 0.25) is 0 Å². The minimum Gasteiger partial charge on any atom is -0.493 e. The van der Waals surface area contributed by atoms with Crippen LogP contribution in [0, 0.1) is 11.7 Å². The number of hydrogen-bond donors (Lipinski definition) is 3. The van der Waals surface area contributed by atoms with Crippen molar-refractivity contribution in [3.63, 3.8) is 0 Å². The zero-order valence-corrected chi connectivity index (χ0v) is 27.4. The van der Waals surface area contributed by atoms with Crippen LogP contribution in [0.5, 0.6) is 5.75 Å². The highest BCUT2D eigenvalue weighted by Crippen LogP contribution is 2.37. The summed E-state index contributed by atoms with van der Waals surface area (Å²) in [6, 6.07) is 14.2. The fourth-order valence-electron chi connectivity index (χ4n) is 5.79. The van der Waals surface area contributed by atoms with Crippen LogP contribution < -0.4 is 21.1 Å². The molecular formula is C35H38FN5O5S. The van der Waals surface area contributed by atoms with Crippen molar-refractivity contribution in [2.24, 2.45) is 5.92 Å². The Hall–Kier alpha value is -4.71. The Bertz CT molecular complexity index is 1980. The molecule has 6 rings (SSSR count). The van der Waals surface area contributed by atoms with E-state index in [0.717, 1.165) is 11.8 Å². The number of nitrogens with zero attached hydrogens (tertiary/aromatic N) is 2. The Labute approximate surface area is 273 Å². The van der Waals surface area contributed by atoms with Gasteiger partial charge in [-0.1, -0.05) is 19.9 Å². The summed E-state index contributed by atoms with van der Waals surface area (Å²) in [5.41, 5.74) is 8.66. The van der Waals surface area contributed by atoms with Crippen molar-refractivity contribution in [3.8, 4) is 5.75 Å². The summed E-state index contributed by atoms with van der Waals surface area (Å²) in [6.07, 6.45) is 2.70. The number of aryl methyl sites for hydroxylation is 1. The summed E-state index contributed by atoms with van der Waals surface area (Å²) >= 11 is 0. The average molecular weight is 660 g/mol. The molecule has 10 nitrogen and oxygen atoms in total. The smallest absolute Gasteiger partial charge is 0.249 e. The molecule has 2 amide bonds. The molecule has 1 atom stereocenters. The van der Waals surface area contributed by atoms with E-state index >= 15 is 0 Å². The van der Waals surface area contributed by atoms with Crippen LogP contribution in [-0.4, -0.2) is 49.0 Å². The number of carbonyl (C=O) groups excluding carboxylic acids is 2. The van der Waals surface area contributed by atoms with Crippen molar-refractivity contribution in [2.75, 3.05) is 30.0 Å². The number of hydrogen-bond acceptors (Lipinski definition) is 8. The van der Waals surface area contributed by atoms with E-state index in [1.165, 1.54) is 11.0 Å².